The van der Waals surface area contributed by atoms with Gasteiger partial charge in [0.1, 0.15) is 0 Å². The molecule has 2 saturated heterocycles. The molecule has 0 saturated carbocycles. The van der Waals surface area contributed by atoms with Crippen molar-refractivity contribution < 1.29 is 8.42 Å². The van der Waals surface area contributed by atoms with E-state index in [1.165, 1.54) is 36.9 Å². The van der Waals surface area contributed by atoms with Crippen molar-refractivity contribution in [3.05, 3.63) is 35.4 Å². The van der Waals surface area contributed by atoms with Gasteiger partial charge in [0.2, 0.25) is 0 Å². The second-order valence-electron chi connectivity index (χ2n) is 7.75. The Morgan fingerprint density at radius 3 is 2.61 bits per heavy atom. The van der Waals surface area contributed by atoms with E-state index in [1.807, 2.05) is 0 Å². The first-order chi connectivity index (χ1) is 13.0. The molecule has 1 aromatic carbocycles. The predicted molar refractivity (Wildman–Crippen MR) is 126 cm³/mol. The van der Waals surface area contributed by atoms with E-state index in [-0.39, 0.29) is 41.5 Å². The summed E-state index contributed by atoms with van der Waals surface area (Å²) in [6.07, 6.45) is 4.54. The Kier molecular flexibility index (Phi) is 9.01. The van der Waals surface area contributed by atoms with Crippen LogP contribution >= 0.6 is 24.0 Å². The highest BCUT2D eigenvalue weighted by molar-refractivity contribution is 14.0. The van der Waals surface area contributed by atoms with Crippen LogP contribution in [-0.4, -0.2) is 56.5 Å². The molecule has 2 heterocycles. The van der Waals surface area contributed by atoms with Crippen LogP contribution in [0.15, 0.2) is 29.3 Å². The molecule has 6 nitrogen and oxygen atoms in total. The summed E-state index contributed by atoms with van der Waals surface area (Å²) in [4.78, 5) is 6.83. The molecule has 2 aliphatic heterocycles. The molecule has 2 aliphatic rings. The molecule has 158 valence electrons. The SMILES string of the molecule is CN=C(NCc1ccccc1CN1CCCCC1C)NC1CCS(=O)(=O)C1.I. The summed E-state index contributed by atoms with van der Waals surface area (Å²) in [5.41, 5.74) is 2.61. The highest BCUT2D eigenvalue weighted by Gasteiger charge is 2.28. The average molecular weight is 520 g/mol. The molecule has 0 bridgehead atoms. The van der Waals surface area contributed by atoms with Crippen molar-refractivity contribution in [2.75, 3.05) is 25.1 Å². The summed E-state index contributed by atoms with van der Waals surface area (Å²) in [5.74, 6) is 1.12. The number of guanidine groups is 1. The van der Waals surface area contributed by atoms with Crippen LogP contribution in [0.5, 0.6) is 0 Å². The molecule has 3 rings (SSSR count). The molecular weight excluding hydrogens is 487 g/mol. The largest absolute Gasteiger partial charge is 0.353 e. The Morgan fingerprint density at radius 2 is 1.96 bits per heavy atom. The Hall–Kier alpha value is -0.870. The summed E-state index contributed by atoms with van der Waals surface area (Å²) in [5, 5.41) is 6.60. The molecule has 0 aromatic heterocycles. The van der Waals surface area contributed by atoms with Crippen LogP contribution in [-0.2, 0) is 22.9 Å². The Balaban J connectivity index is 0.00000280. The first kappa shape index (κ1) is 23.4. The van der Waals surface area contributed by atoms with Crippen LogP contribution < -0.4 is 10.6 Å². The van der Waals surface area contributed by atoms with E-state index in [0.29, 0.717) is 25.0 Å². The third kappa shape index (κ3) is 6.59. The number of hydrogen-bond donors (Lipinski definition) is 2. The molecule has 2 fully saturated rings. The number of aliphatic imine (C=N–C) groups is 1. The van der Waals surface area contributed by atoms with Crippen LogP contribution in [0.2, 0.25) is 0 Å². The van der Waals surface area contributed by atoms with Gasteiger partial charge in [-0.1, -0.05) is 30.7 Å². The molecule has 0 spiro atoms. The highest BCUT2D eigenvalue weighted by Crippen LogP contribution is 2.20. The van der Waals surface area contributed by atoms with E-state index in [9.17, 15) is 8.42 Å². The number of nitrogens with zero attached hydrogens (tertiary/aromatic N) is 2. The van der Waals surface area contributed by atoms with Gasteiger partial charge in [-0.25, -0.2) is 8.42 Å². The highest BCUT2D eigenvalue weighted by atomic mass is 127. The molecule has 1 aromatic rings. The minimum atomic E-state index is -2.90. The third-order valence-electron chi connectivity index (χ3n) is 5.68. The van der Waals surface area contributed by atoms with E-state index in [4.69, 9.17) is 0 Å². The average Bonchev–Trinajstić information content (AvgIpc) is 3.00. The monoisotopic (exact) mass is 520 g/mol. The number of halogens is 1. The van der Waals surface area contributed by atoms with Crippen molar-refractivity contribution in [2.45, 2.75) is 57.8 Å². The van der Waals surface area contributed by atoms with Gasteiger partial charge in [0.15, 0.2) is 15.8 Å². The van der Waals surface area contributed by atoms with Gasteiger partial charge in [-0.15, -0.1) is 24.0 Å². The van der Waals surface area contributed by atoms with Crippen molar-refractivity contribution in [3.63, 3.8) is 0 Å². The van der Waals surface area contributed by atoms with Gasteiger partial charge < -0.3 is 10.6 Å². The lowest BCUT2D eigenvalue weighted by Crippen LogP contribution is -2.43. The number of likely N-dealkylation sites (tertiary alicyclic amines) is 1. The second kappa shape index (κ2) is 10.8. The summed E-state index contributed by atoms with van der Waals surface area (Å²) in [6.45, 7) is 5.15. The van der Waals surface area contributed by atoms with Gasteiger partial charge in [-0.3, -0.25) is 9.89 Å². The molecule has 0 aliphatic carbocycles. The normalized spacial score (nSPS) is 25.1. The van der Waals surface area contributed by atoms with E-state index in [1.54, 1.807) is 7.05 Å². The fourth-order valence-corrected chi connectivity index (χ4v) is 5.64. The van der Waals surface area contributed by atoms with Crippen LogP contribution in [0.4, 0.5) is 0 Å². The molecule has 0 amide bonds. The molecule has 2 atom stereocenters. The molecule has 2 N–H and O–H groups in total. The van der Waals surface area contributed by atoms with Crippen molar-refractivity contribution in [3.8, 4) is 0 Å². The van der Waals surface area contributed by atoms with Crippen molar-refractivity contribution in [2.24, 2.45) is 4.99 Å². The maximum Gasteiger partial charge on any atom is 0.191 e. The minimum Gasteiger partial charge on any atom is -0.353 e. The molecule has 8 heteroatoms. The van der Waals surface area contributed by atoms with Gasteiger partial charge in [-0.05, 0) is 43.9 Å². The predicted octanol–water partition coefficient (Wildman–Crippen LogP) is 2.53. The van der Waals surface area contributed by atoms with Crippen LogP contribution in [0.1, 0.15) is 43.7 Å². The Bertz CT molecular complexity index is 769. The topological polar surface area (TPSA) is 73.8 Å². The molecule has 28 heavy (non-hydrogen) atoms. The summed E-state index contributed by atoms with van der Waals surface area (Å²) >= 11 is 0. The number of nitrogens with one attached hydrogen (secondary N) is 2. The Labute approximate surface area is 186 Å². The smallest absolute Gasteiger partial charge is 0.191 e. The van der Waals surface area contributed by atoms with Gasteiger partial charge in [0.05, 0.1) is 11.5 Å². The van der Waals surface area contributed by atoms with Gasteiger partial charge in [-0.2, -0.15) is 0 Å². The van der Waals surface area contributed by atoms with Gasteiger partial charge in [0, 0.05) is 32.2 Å². The number of sulfone groups is 1. The first-order valence-electron chi connectivity index (χ1n) is 9.95. The van der Waals surface area contributed by atoms with E-state index < -0.39 is 9.84 Å². The van der Waals surface area contributed by atoms with Crippen LogP contribution in [0.3, 0.4) is 0 Å². The summed E-state index contributed by atoms with van der Waals surface area (Å²) < 4.78 is 23.3. The van der Waals surface area contributed by atoms with Crippen molar-refractivity contribution in [1.82, 2.24) is 15.5 Å². The number of piperidine rings is 1. The fraction of sp³-hybridized carbons (Fsp3) is 0.650. The summed E-state index contributed by atoms with van der Waals surface area (Å²) in [7, 11) is -1.17. The molecule has 0 radical (unpaired) electrons. The van der Waals surface area contributed by atoms with Crippen molar-refractivity contribution >= 4 is 39.8 Å². The second-order valence-corrected chi connectivity index (χ2v) is 9.98. The van der Waals surface area contributed by atoms with E-state index >= 15 is 0 Å². The maximum atomic E-state index is 11.6. The Morgan fingerprint density at radius 1 is 1.21 bits per heavy atom. The van der Waals surface area contributed by atoms with Crippen molar-refractivity contribution in [1.29, 1.82) is 0 Å². The minimum absolute atomic E-state index is 0. The van der Waals surface area contributed by atoms with E-state index in [0.717, 1.165) is 6.54 Å². The lowest BCUT2D eigenvalue weighted by atomic mass is 10.0. The standard InChI is InChI=1S/C20H32N4O2S.HI/c1-16-7-5-6-11-24(16)14-18-9-4-3-8-17(18)13-22-20(21-2)23-19-10-12-27(25,26)15-19;/h3-4,8-9,16,19H,5-7,10-15H2,1-2H3,(H2,21,22,23);1H. The maximum absolute atomic E-state index is 11.6. The zero-order valence-electron chi connectivity index (χ0n) is 16.9. The fourth-order valence-electron chi connectivity index (χ4n) is 3.97. The zero-order chi connectivity index (χ0) is 19.3. The molecular formula is C20H33IN4O2S. The van der Waals surface area contributed by atoms with Gasteiger partial charge in [0.25, 0.3) is 0 Å². The lowest BCUT2D eigenvalue weighted by molar-refractivity contribution is 0.152. The third-order valence-corrected chi connectivity index (χ3v) is 7.44. The quantitative estimate of drug-likeness (QED) is 0.355. The lowest BCUT2D eigenvalue weighted by Gasteiger charge is -2.33. The molecule has 2 unspecified atom stereocenters. The zero-order valence-corrected chi connectivity index (χ0v) is 20.0. The number of rotatable bonds is 5. The van der Waals surface area contributed by atoms with Gasteiger partial charge >= 0.3 is 0 Å². The number of hydrogen-bond acceptors (Lipinski definition) is 4. The van der Waals surface area contributed by atoms with E-state index in [2.05, 4.69) is 51.7 Å². The van der Waals surface area contributed by atoms with Crippen LogP contribution in [0.25, 0.3) is 0 Å². The summed E-state index contributed by atoms with van der Waals surface area (Å²) in [6, 6.07) is 9.12. The first-order valence-corrected chi connectivity index (χ1v) is 11.8. The number of benzene rings is 1. The van der Waals surface area contributed by atoms with Crippen LogP contribution in [0, 0.1) is 0 Å².